The van der Waals surface area contributed by atoms with Gasteiger partial charge in [0.05, 0.1) is 22.4 Å². The Balaban J connectivity index is 1.75. The summed E-state index contributed by atoms with van der Waals surface area (Å²) >= 11 is 0. The number of amides is 2. The molecule has 1 saturated heterocycles. The van der Waals surface area contributed by atoms with Gasteiger partial charge < -0.3 is 10.2 Å². The van der Waals surface area contributed by atoms with Crippen molar-refractivity contribution in [3.05, 3.63) is 59.4 Å². The number of piperidine rings is 1. The molecule has 0 aliphatic carbocycles. The van der Waals surface area contributed by atoms with E-state index in [1.165, 1.54) is 12.4 Å². The van der Waals surface area contributed by atoms with Gasteiger partial charge in [-0.1, -0.05) is 19.1 Å². The maximum Gasteiger partial charge on any atom is 0.257 e. The summed E-state index contributed by atoms with van der Waals surface area (Å²) < 4.78 is 0. The molecule has 0 unspecified atom stereocenters. The number of nitriles is 1. The molecule has 3 rings (SSSR count). The third kappa shape index (κ3) is 3.89. The van der Waals surface area contributed by atoms with Crippen molar-refractivity contribution in [3.8, 4) is 6.07 Å². The first-order valence-corrected chi connectivity index (χ1v) is 8.63. The summed E-state index contributed by atoms with van der Waals surface area (Å²) in [6, 6.07) is 10.4. The van der Waals surface area contributed by atoms with Gasteiger partial charge >= 0.3 is 0 Å². The lowest BCUT2D eigenvalue weighted by molar-refractivity contribution is 0.0697. The topological polar surface area (TPSA) is 86.1 Å². The van der Waals surface area contributed by atoms with Crippen LogP contribution >= 0.6 is 0 Å². The quantitative estimate of drug-likeness (QED) is 0.923. The van der Waals surface area contributed by atoms with Gasteiger partial charge in [-0.25, -0.2) is 0 Å². The first kappa shape index (κ1) is 17.6. The second kappa shape index (κ2) is 7.79. The highest BCUT2D eigenvalue weighted by Gasteiger charge is 2.22. The zero-order valence-corrected chi connectivity index (χ0v) is 14.6. The van der Waals surface area contributed by atoms with Crippen molar-refractivity contribution in [2.75, 3.05) is 18.4 Å². The molecule has 0 spiro atoms. The van der Waals surface area contributed by atoms with Crippen LogP contribution in [0.4, 0.5) is 5.69 Å². The van der Waals surface area contributed by atoms with E-state index in [4.69, 9.17) is 5.26 Å². The van der Waals surface area contributed by atoms with Crippen LogP contribution in [-0.2, 0) is 0 Å². The first-order chi connectivity index (χ1) is 12.6. The van der Waals surface area contributed by atoms with Gasteiger partial charge in [0, 0.05) is 25.5 Å². The van der Waals surface area contributed by atoms with E-state index in [0.717, 1.165) is 25.9 Å². The van der Waals surface area contributed by atoms with Crippen LogP contribution in [0.15, 0.2) is 42.7 Å². The minimum Gasteiger partial charge on any atom is -0.339 e. The summed E-state index contributed by atoms with van der Waals surface area (Å²) in [5.74, 6) is 0.132. The van der Waals surface area contributed by atoms with Crippen LogP contribution in [0.1, 0.15) is 46.0 Å². The molecular weight excluding hydrogens is 328 g/mol. The molecule has 26 heavy (non-hydrogen) atoms. The van der Waals surface area contributed by atoms with Crippen LogP contribution in [-0.4, -0.2) is 34.8 Å². The number of likely N-dealkylation sites (tertiary alicyclic amines) is 1. The summed E-state index contributed by atoms with van der Waals surface area (Å²) in [7, 11) is 0. The van der Waals surface area contributed by atoms with E-state index in [1.54, 1.807) is 30.3 Å². The summed E-state index contributed by atoms with van der Waals surface area (Å²) in [4.78, 5) is 31.0. The van der Waals surface area contributed by atoms with Crippen LogP contribution in [0.25, 0.3) is 0 Å². The Morgan fingerprint density at radius 1 is 1.19 bits per heavy atom. The normalized spacial score (nSPS) is 14.5. The molecule has 0 atom stereocenters. The highest BCUT2D eigenvalue weighted by molar-refractivity contribution is 6.06. The van der Waals surface area contributed by atoms with E-state index in [-0.39, 0.29) is 11.5 Å². The van der Waals surface area contributed by atoms with Crippen molar-refractivity contribution in [1.29, 1.82) is 5.26 Å². The van der Waals surface area contributed by atoms with E-state index >= 15 is 0 Å². The zero-order chi connectivity index (χ0) is 18.5. The molecule has 2 aromatic rings. The van der Waals surface area contributed by atoms with E-state index in [2.05, 4.69) is 17.2 Å². The Hall–Kier alpha value is -3.20. The Morgan fingerprint density at radius 3 is 2.62 bits per heavy atom. The Bertz CT molecular complexity index is 864. The van der Waals surface area contributed by atoms with Gasteiger partial charge in [-0.15, -0.1) is 0 Å². The lowest BCUT2D eigenvalue weighted by Gasteiger charge is -2.30. The predicted octanol–water partition coefficient (Wildman–Crippen LogP) is 3.08. The summed E-state index contributed by atoms with van der Waals surface area (Å²) in [5, 5.41) is 11.8. The molecule has 6 heteroatoms. The summed E-state index contributed by atoms with van der Waals surface area (Å²) in [6.45, 7) is 3.64. The largest absolute Gasteiger partial charge is 0.339 e. The Morgan fingerprint density at radius 2 is 1.88 bits per heavy atom. The fourth-order valence-electron chi connectivity index (χ4n) is 2.96. The number of rotatable bonds is 3. The number of hydrogen-bond donors (Lipinski definition) is 1. The van der Waals surface area contributed by atoms with Gasteiger partial charge in [0.15, 0.2) is 0 Å². The molecule has 1 aromatic carbocycles. The number of hydrogen-bond acceptors (Lipinski definition) is 4. The fraction of sp³-hybridized carbons (Fsp3) is 0.300. The molecule has 132 valence electrons. The van der Waals surface area contributed by atoms with Gasteiger partial charge in [-0.2, -0.15) is 5.26 Å². The maximum atomic E-state index is 12.7. The van der Waals surface area contributed by atoms with Gasteiger partial charge in [-0.3, -0.25) is 14.6 Å². The summed E-state index contributed by atoms with van der Waals surface area (Å²) in [6.07, 6.45) is 4.88. The number of carbonyl (C=O) groups is 2. The van der Waals surface area contributed by atoms with E-state index in [1.807, 2.05) is 11.0 Å². The maximum absolute atomic E-state index is 12.7. The second-order valence-electron chi connectivity index (χ2n) is 6.55. The third-order valence-electron chi connectivity index (χ3n) is 4.61. The second-order valence-corrected chi connectivity index (χ2v) is 6.55. The Labute approximate surface area is 152 Å². The molecule has 1 aromatic heterocycles. The lowest BCUT2D eigenvalue weighted by Crippen LogP contribution is -2.38. The molecule has 1 aliphatic rings. The van der Waals surface area contributed by atoms with Crippen molar-refractivity contribution in [1.82, 2.24) is 9.88 Å². The number of para-hydroxylation sites is 1. The fourth-order valence-corrected chi connectivity index (χ4v) is 2.96. The molecule has 0 radical (unpaired) electrons. The molecule has 2 heterocycles. The van der Waals surface area contributed by atoms with Crippen molar-refractivity contribution in [2.24, 2.45) is 5.92 Å². The smallest absolute Gasteiger partial charge is 0.257 e. The minimum absolute atomic E-state index is 0.100. The van der Waals surface area contributed by atoms with Gasteiger partial charge in [0.25, 0.3) is 11.8 Å². The highest BCUT2D eigenvalue weighted by Crippen LogP contribution is 2.19. The molecule has 0 saturated carbocycles. The number of benzene rings is 1. The SMILES string of the molecule is CC1CCN(C(=O)c2cncc(C(=O)Nc3ccccc3C#N)c2)CC1. The number of nitrogens with zero attached hydrogens (tertiary/aromatic N) is 3. The number of carbonyl (C=O) groups excluding carboxylic acids is 2. The molecule has 1 fully saturated rings. The zero-order valence-electron chi connectivity index (χ0n) is 14.6. The van der Waals surface area contributed by atoms with Crippen molar-refractivity contribution >= 4 is 17.5 Å². The van der Waals surface area contributed by atoms with E-state index in [9.17, 15) is 9.59 Å². The number of nitrogens with one attached hydrogen (secondary N) is 1. The average Bonchev–Trinajstić information content (AvgIpc) is 2.68. The number of anilines is 1. The van der Waals surface area contributed by atoms with Crippen molar-refractivity contribution in [2.45, 2.75) is 19.8 Å². The Kier molecular flexibility index (Phi) is 5.28. The molecule has 1 N–H and O–H groups in total. The van der Waals surface area contributed by atoms with Crippen LogP contribution < -0.4 is 5.32 Å². The monoisotopic (exact) mass is 348 g/mol. The van der Waals surface area contributed by atoms with Crippen LogP contribution in [0.5, 0.6) is 0 Å². The van der Waals surface area contributed by atoms with Crippen LogP contribution in [0.2, 0.25) is 0 Å². The van der Waals surface area contributed by atoms with Gasteiger partial charge in [-0.05, 0) is 37.0 Å². The average molecular weight is 348 g/mol. The van der Waals surface area contributed by atoms with Gasteiger partial charge in [0.1, 0.15) is 6.07 Å². The first-order valence-electron chi connectivity index (χ1n) is 8.63. The minimum atomic E-state index is -0.401. The van der Waals surface area contributed by atoms with Crippen molar-refractivity contribution < 1.29 is 9.59 Å². The predicted molar refractivity (Wildman–Crippen MR) is 97.6 cm³/mol. The molecule has 6 nitrogen and oxygen atoms in total. The van der Waals surface area contributed by atoms with Crippen molar-refractivity contribution in [3.63, 3.8) is 0 Å². The van der Waals surface area contributed by atoms with E-state index in [0.29, 0.717) is 22.7 Å². The number of pyridine rings is 1. The van der Waals surface area contributed by atoms with Crippen LogP contribution in [0, 0.1) is 17.2 Å². The molecule has 0 bridgehead atoms. The molecular formula is C20H20N4O2. The summed E-state index contributed by atoms with van der Waals surface area (Å²) in [5.41, 5.74) is 1.50. The third-order valence-corrected chi connectivity index (χ3v) is 4.61. The van der Waals surface area contributed by atoms with Crippen LogP contribution in [0.3, 0.4) is 0 Å². The standard InChI is InChI=1S/C20H20N4O2/c1-14-6-8-24(9-7-14)20(26)17-10-16(12-22-13-17)19(25)23-18-5-3-2-4-15(18)11-21/h2-5,10,12-14H,6-9H2,1H3,(H,23,25). The molecule has 1 aliphatic heterocycles. The highest BCUT2D eigenvalue weighted by atomic mass is 16.2. The number of aromatic nitrogens is 1. The molecule has 2 amide bonds. The lowest BCUT2D eigenvalue weighted by atomic mass is 9.98. The van der Waals surface area contributed by atoms with E-state index < -0.39 is 5.91 Å². The van der Waals surface area contributed by atoms with Gasteiger partial charge in [0.2, 0.25) is 0 Å².